The molecule has 0 spiro atoms. The Bertz CT molecular complexity index is 1320. The van der Waals surface area contributed by atoms with Crippen LogP contribution in [0.15, 0.2) is 77.6 Å². The van der Waals surface area contributed by atoms with E-state index in [1.54, 1.807) is 42.5 Å². The molecule has 4 aromatic rings. The van der Waals surface area contributed by atoms with Crippen molar-refractivity contribution in [3.8, 4) is 5.69 Å². The molecule has 0 unspecified atom stereocenters. The van der Waals surface area contributed by atoms with Gasteiger partial charge in [0.25, 0.3) is 5.56 Å². The summed E-state index contributed by atoms with van der Waals surface area (Å²) in [5, 5.41) is 0.262. The quantitative estimate of drug-likeness (QED) is 0.405. The minimum atomic E-state index is -4.56. The van der Waals surface area contributed by atoms with Crippen molar-refractivity contribution in [3.05, 3.63) is 106 Å². The molecule has 0 aliphatic rings. The summed E-state index contributed by atoms with van der Waals surface area (Å²) in [5.41, 5.74) is -0.743. The zero-order valence-electron chi connectivity index (χ0n) is 15.4. The molecule has 3 aromatic carbocycles. The summed E-state index contributed by atoms with van der Waals surface area (Å²) in [5.74, 6) is -0.385. The largest absolute Gasteiger partial charge is 0.416 e. The number of fused-ring (bicyclic) bond motifs is 1. The molecule has 0 aliphatic heterocycles. The van der Waals surface area contributed by atoms with Crippen LogP contribution < -0.4 is 5.56 Å². The van der Waals surface area contributed by atoms with Gasteiger partial charge in [-0.05, 0) is 48.6 Å². The van der Waals surface area contributed by atoms with Crippen molar-refractivity contribution in [2.24, 2.45) is 0 Å². The van der Waals surface area contributed by atoms with Crippen LogP contribution in [0.2, 0.25) is 0 Å². The number of rotatable bonds is 3. The van der Waals surface area contributed by atoms with Gasteiger partial charge >= 0.3 is 6.18 Å². The molecule has 1 heterocycles. The maximum Gasteiger partial charge on any atom is 0.416 e. The molecule has 0 N–H and O–H groups in total. The van der Waals surface area contributed by atoms with Gasteiger partial charge in [0.05, 0.1) is 22.2 Å². The molecule has 30 heavy (non-hydrogen) atoms. The molecule has 0 saturated carbocycles. The van der Waals surface area contributed by atoms with Gasteiger partial charge in [-0.3, -0.25) is 9.36 Å². The van der Waals surface area contributed by atoms with E-state index in [1.165, 1.54) is 30.4 Å². The molecule has 0 fully saturated rings. The fraction of sp³-hybridized carbons (Fsp3) is 0.0435. The lowest BCUT2D eigenvalue weighted by molar-refractivity contribution is -0.137. The fourth-order valence-corrected chi connectivity index (χ4v) is 3.11. The van der Waals surface area contributed by atoms with Crippen LogP contribution in [0.1, 0.15) is 17.0 Å². The van der Waals surface area contributed by atoms with E-state index in [2.05, 4.69) is 4.98 Å². The van der Waals surface area contributed by atoms with Gasteiger partial charge in [0.1, 0.15) is 11.6 Å². The Morgan fingerprint density at radius 2 is 1.60 bits per heavy atom. The second-order valence-corrected chi connectivity index (χ2v) is 6.53. The zero-order chi connectivity index (χ0) is 21.3. The fourth-order valence-electron chi connectivity index (χ4n) is 3.11. The van der Waals surface area contributed by atoms with Crippen LogP contribution in [0.4, 0.5) is 17.6 Å². The number of nitrogens with zero attached hydrogens (tertiary/aromatic N) is 2. The van der Waals surface area contributed by atoms with Gasteiger partial charge in [0.15, 0.2) is 0 Å². The minimum Gasteiger partial charge on any atom is -0.268 e. The molecule has 0 saturated heterocycles. The van der Waals surface area contributed by atoms with E-state index in [4.69, 9.17) is 0 Å². The first-order chi connectivity index (χ1) is 14.3. The summed E-state index contributed by atoms with van der Waals surface area (Å²) in [6.07, 6.45) is -1.73. The lowest BCUT2D eigenvalue weighted by atomic mass is 10.1. The van der Waals surface area contributed by atoms with Crippen molar-refractivity contribution in [1.82, 2.24) is 9.55 Å². The van der Waals surface area contributed by atoms with E-state index in [9.17, 15) is 22.4 Å². The molecule has 4 rings (SSSR count). The average Bonchev–Trinajstić information content (AvgIpc) is 2.73. The first-order valence-corrected chi connectivity index (χ1v) is 8.96. The van der Waals surface area contributed by atoms with Gasteiger partial charge in [-0.15, -0.1) is 0 Å². The molecule has 150 valence electrons. The number of hydrogen-bond acceptors (Lipinski definition) is 2. The van der Waals surface area contributed by atoms with Crippen LogP contribution in [0, 0.1) is 5.82 Å². The second kappa shape index (κ2) is 7.59. The van der Waals surface area contributed by atoms with Crippen LogP contribution in [0.25, 0.3) is 28.7 Å². The van der Waals surface area contributed by atoms with Crippen LogP contribution in [0.3, 0.4) is 0 Å². The normalized spacial score (nSPS) is 12.0. The molecular weight excluding hydrogens is 396 g/mol. The summed E-state index contributed by atoms with van der Waals surface area (Å²) >= 11 is 0. The summed E-state index contributed by atoms with van der Waals surface area (Å²) in [6, 6.07) is 17.0. The van der Waals surface area contributed by atoms with Crippen LogP contribution in [0.5, 0.6) is 0 Å². The van der Waals surface area contributed by atoms with Crippen molar-refractivity contribution >= 4 is 23.1 Å². The minimum absolute atomic E-state index is 0.0151. The predicted molar refractivity (Wildman–Crippen MR) is 108 cm³/mol. The van der Waals surface area contributed by atoms with Gasteiger partial charge in [-0.25, -0.2) is 9.37 Å². The number of alkyl halides is 3. The maximum atomic E-state index is 14.0. The Balaban J connectivity index is 1.96. The smallest absolute Gasteiger partial charge is 0.268 e. The van der Waals surface area contributed by atoms with Crippen molar-refractivity contribution < 1.29 is 17.6 Å². The molecule has 0 amide bonds. The van der Waals surface area contributed by atoms with E-state index in [0.29, 0.717) is 5.52 Å². The lowest BCUT2D eigenvalue weighted by Crippen LogP contribution is -2.22. The monoisotopic (exact) mass is 410 g/mol. The highest BCUT2D eigenvalue weighted by Crippen LogP contribution is 2.30. The van der Waals surface area contributed by atoms with Crippen molar-refractivity contribution in [2.75, 3.05) is 0 Å². The third-order valence-corrected chi connectivity index (χ3v) is 4.55. The molecular formula is C23H14F4N2O. The van der Waals surface area contributed by atoms with Crippen molar-refractivity contribution in [3.63, 3.8) is 0 Å². The van der Waals surface area contributed by atoms with Crippen molar-refractivity contribution in [2.45, 2.75) is 6.18 Å². The number of benzene rings is 3. The standard InChI is InChI=1S/C23H14F4N2O/c24-19-10-3-1-6-15(19)12-13-21-28-20-11-4-2-9-18(20)22(30)29(21)17-8-5-7-16(14-17)23(25,26)27/h1-14H/b13-12+. The van der Waals surface area contributed by atoms with Gasteiger partial charge in [-0.2, -0.15) is 13.2 Å². The Morgan fingerprint density at radius 1 is 0.867 bits per heavy atom. The van der Waals surface area contributed by atoms with Crippen LogP contribution in [-0.4, -0.2) is 9.55 Å². The molecule has 0 atom stereocenters. The molecule has 0 bridgehead atoms. The Labute approximate surface area is 168 Å². The number of aromatic nitrogens is 2. The highest BCUT2D eigenvalue weighted by atomic mass is 19.4. The summed E-state index contributed by atoms with van der Waals surface area (Å²) < 4.78 is 54.6. The summed E-state index contributed by atoms with van der Waals surface area (Å²) in [6.45, 7) is 0. The average molecular weight is 410 g/mol. The van der Waals surface area contributed by atoms with E-state index in [-0.39, 0.29) is 22.5 Å². The number of para-hydroxylation sites is 1. The first kappa shape index (κ1) is 19.6. The molecule has 3 nitrogen and oxygen atoms in total. The maximum absolute atomic E-state index is 14.0. The molecule has 0 radical (unpaired) electrons. The van der Waals surface area contributed by atoms with Gasteiger partial charge < -0.3 is 0 Å². The highest BCUT2D eigenvalue weighted by molar-refractivity contribution is 5.80. The van der Waals surface area contributed by atoms with Gasteiger partial charge in [0, 0.05) is 5.56 Å². The third kappa shape index (κ3) is 3.74. The lowest BCUT2D eigenvalue weighted by Gasteiger charge is -2.14. The second-order valence-electron chi connectivity index (χ2n) is 6.53. The number of hydrogen-bond donors (Lipinski definition) is 0. The summed E-state index contributed by atoms with van der Waals surface area (Å²) in [4.78, 5) is 17.5. The SMILES string of the molecule is O=c1c2ccccc2nc(/C=C/c2ccccc2F)n1-c1cccc(C(F)(F)F)c1. The van der Waals surface area contributed by atoms with E-state index in [0.717, 1.165) is 16.7 Å². The number of halogens is 4. The van der Waals surface area contributed by atoms with Crippen LogP contribution in [-0.2, 0) is 6.18 Å². The van der Waals surface area contributed by atoms with Gasteiger partial charge in [-0.1, -0.05) is 36.4 Å². The Kier molecular flexibility index (Phi) is 4.95. The zero-order valence-corrected chi connectivity index (χ0v) is 15.4. The molecule has 7 heteroatoms. The van der Waals surface area contributed by atoms with E-state index >= 15 is 0 Å². The van der Waals surface area contributed by atoms with E-state index < -0.39 is 23.1 Å². The highest BCUT2D eigenvalue weighted by Gasteiger charge is 2.30. The third-order valence-electron chi connectivity index (χ3n) is 4.55. The van der Waals surface area contributed by atoms with Crippen molar-refractivity contribution in [1.29, 1.82) is 0 Å². The molecule has 1 aromatic heterocycles. The summed E-state index contributed by atoms with van der Waals surface area (Å²) in [7, 11) is 0. The first-order valence-electron chi connectivity index (χ1n) is 8.96. The predicted octanol–water partition coefficient (Wildman–Crippen LogP) is 5.71. The van der Waals surface area contributed by atoms with E-state index in [1.807, 2.05) is 0 Å². The Hall–Kier alpha value is -3.74. The molecule has 0 aliphatic carbocycles. The topological polar surface area (TPSA) is 34.9 Å². The van der Waals surface area contributed by atoms with Crippen LogP contribution >= 0.6 is 0 Å². The van der Waals surface area contributed by atoms with Gasteiger partial charge in [0.2, 0.25) is 0 Å². The Morgan fingerprint density at radius 3 is 2.37 bits per heavy atom.